The Bertz CT molecular complexity index is 489. The van der Waals surface area contributed by atoms with E-state index in [1.165, 1.54) is 19.3 Å². The Labute approximate surface area is 156 Å². The third kappa shape index (κ3) is 3.32. The van der Waals surface area contributed by atoms with Crippen molar-refractivity contribution in [2.75, 3.05) is 32.8 Å². The normalized spacial score (nSPS) is 50.2. The number of morpholine rings is 1. The molecule has 5 aliphatic rings. The number of hydrogen-bond acceptors (Lipinski definition) is 7. The molecule has 26 heavy (non-hydrogen) atoms. The zero-order valence-electron chi connectivity index (χ0n) is 15.6. The molecule has 0 spiro atoms. The summed E-state index contributed by atoms with van der Waals surface area (Å²) in [6.07, 6.45) is 7.40. The van der Waals surface area contributed by atoms with Gasteiger partial charge >= 0.3 is 0 Å². The van der Waals surface area contributed by atoms with Crippen molar-refractivity contribution in [1.29, 1.82) is 0 Å². The Morgan fingerprint density at radius 1 is 1.00 bits per heavy atom. The first-order chi connectivity index (χ1) is 12.8. The Balaban J connectivity index is 1.37. The highest BCUT2D eigenvalue weighted by molar-refractivity contribution is 5.06. The van der Waals surface area contributed by atoms with Gasteiger partial charge in [0.05, 0.1) is 31.6 Å². The average Bonchev–Trinajstić information content (AvgIpc) is 3.06. The van der Waals surface area contributed by atoms with Crippen LogP contribution in [0.3, 0.4) is 0 Å². The molecule has 1 aliphatic carbocycles. The van der Waals surface area contributed by atoms with Gasteiger partial charge in [0, 0.05) is 25.0 Å². The lowest BCUT2D eigenvalue weighted by molar-refractivity contribution is -0.0924. The predicted octanol–water partition coefficient (Wildman–Crippen LogP) is -0.192. The van der Waals surface area contributed by atoms with Crippen molar-refractivity contribution >= 4 is 0 Å². The zero-order valence-corrected chi connectivity index (χ0v) is 15.6. The van der Waals surface area contributed by atoms with E-state index in [0.29, 0.717) is 17.9 Å². The Morgan fingerprint density at radius 3 is 2.73 bits per heavy atom. The predicted molar refractivity (Wildman–Crippen MR) is 97.4 cm³/mol. The van der Waals surface area contributed by atoms with E-state index in [4.69, 9.17) is 9.47 Å². The molecule has 5 rings (SSSR count). The molecule has 5 fully saturated rings. The lowest BCUT2D eigenvalue weighted by Gasteiger charge is -2.49. The number of rotatable bonds is 2. The number of nitrogens with one attached hydrogen (secondary N) is 3. The van der Waals surface area contributed by atoms with Crippen LogP contribution in [0.4, 0.5) is 0 Å². The van der Waals surface area contributed by atoms with Crippen LogP contribution in [-0.2, 0) is 9.47 Å². The molecule has 1 saturated carbocycles. The molecule has 8 atom stereocenters. The maximum Gasteiger partial charge on any atom is 0.113 e. The minimum Gasteiger partial charge on any atom is -0.393 e. The van der Waals surface area contributed by atoms with Crippen LogP contribution in [0.1, 0.15) is 38.5 Å². The molecular formula is C19H34N4O3. The van der Waals surface area contributed by atoms with Gasteiger partial charge < -0.3 is 14.6 Å². The second-order valence-corrected chi connectivity index (χ2v) is 8.79. The number of ether oxygens (including phenoxy) is 2. The lowest BCUT2D eigenvalue weighted by atomic mass is 9.81. The summed E-state index contributed by atoms with van der Waals surface area (Å²) < 4.78 is 12.1. The molecule has 0 amide bonds. The van der Waals surface area contributed by atoms with E-state index in [2.05, 4.69) is 20.9 Å². The number of nitrogens with zero attached hydrogens (tertiary/aromatic N) is 1. The van der Waals surface area contributed by atoms with Crippen molar-refractivity contribution in [2.24, 2.45) is 11.8 Å². The summed E-state index contributed by atoms with van der Waals surface area (Å²) in [6.45, 7) is 4.61. The van der Waals surface area contributed by atoms with Crippen molar-refractivity contribution in [2.45, 2.75) is 75.3 Å². The molecule has 8 unspecified atom stereocenters. The van der Waals surface area contributed by atoms with Gasteiger partial charge in [0.15, 0.2) is 0 Å². The fourth-order valence-corrected chi connectivity index (χ4v) is 5.87. The van der Waals surface area contributed by atoms with Gasteiger partial charge in [-0.3, -0.25) is 20.9 Å². The third-order valence-corrected chi connectivity index (χ3v) is 7.20. The number of aliphatic hydroxyl groups is 1. The largest absolute Gasteiger partial charge is 0.393 e. The van der Waals surface area contributed by atoms with E-state index in [9.17, 15) is 5.11 Å². The van der Waals surface area contributed by atoms with E-state index in [1.54, 1.807) is 0 Å². The molecule has 4 saturated heterocycles. The highest BCUT2D eigenvalue weighted by Gasteiger charge is 2.53. The Kier molecular flexibility index (Phi) is 5.22. The molecule has 0 bridgehead atoms. The van der Waals surface area contributed by atoms with Crippen LogP contribution in [-0.4, -0.2) is 79.7 Å². The molecule has 0 aromatic rings. The molecule has 7 nitrogen and oxygen atoms in total. The maximum atomic E-state index is 10.2. The molecule has 148 valence electrons. The van der Waals surface area contributed by atoms with E-state index in [1.807, 2.05) is 0 Å². The molecule has 0 aromatic carbocycles. The maximum absolute atomic E-state index is 10.2. The molecule has 7 heteroatoms. The van der Waals surface area contributed by atoms with Crippen LogP contribution in [0.15, 0.2) is 0 Å². The highest BCUT2D eigenvalue weighted by atomic mass is 16.5. The van der Waals surface area contributed by atoms with Gasteiger partial charge in [-0.1, -0.05) is 6.42 Å². The van der Waals surface area contributed by atoms with Crippen LogP contribution >= 0.6 is 0 Å². The Morgan fingerprint density at radius 2 is 1.88 bits per heavy atom. The smallest absolute Gasteiger partial charge is 0.113 e. The number of aliphatic hydroxyl groups excluding tert-OH is 1. The first kappa shape index (κ1) is 17.8. The minimum atomic E-state index is -0.138. The van der Waals surface area contributed by atoms with Gasteiger partial charge in [-0.15, -0.1) is 0 Å². The van der Waals surface area contributed by atoms with Crippen molar-refractivity contribution in [3.8, 4) is 0 Å². The van der Waals surface area contributed by atoms with Crippen LogP contribution in [0, 0.1) is 11.8 Å². The summed E-state index contributed by atoms with van der Waals surface area (Å²) in [5.41, 5.74) is 0. The minimum absolute atomic E-state index is 0.138. The van der Waals surface area contributed by atoms with Crippen molar-refractivity contribution in [3.05, 3.63) is 0 Å². The Hall–Kier alpha value is -0.280. The topological polar surface area (TPSA) is 78.0 Å². The van der Waals surface area contributed by atoms with Gasteiger partial charge in [0.1, 0.15) is 12.3 Å². The van der Waals surface area contributed by atoms with E-state index >= 15 is 0 Å². The zero-order chi connectivity index (χ0) is 17.5. The van der Waals surface area contributed by atoms with E-state index < -0.39 is 0 Å². The van der Waals surface area contributed by atoms with Gasteiger partial charge in [-0.05, 0) is 44.6 Å². The number of hydrogen-bond donors (Lipinski definition) is 4. The summed E-state index contributed by atoms with van der Waals surface area (Å²) in [5.74, 6) is 1.05. The lowest BCUT2D eigenvalue weighted by Crippen LogP contribution is -2.72. The van der Waals surface area contributed by atoms with Crippen LogP contribution < -0.4 is 16.0 Å². The highest BCUT2D eigenvalue weighted by Crippen LogP contribution is 2.38. The van der Waals surface area contributed by atoms with Gasteiger partial charge in [0.25, 0.3) is 0 Å². The first-order valence-electron chi connectivity index (χ1n) is 10.7. The second-order valence-electron chi connectivity index (χ2n) is 8.79. The monoisotopic (exact) mass is 366 g/mol. The summed E-state index contributed by atoms with van der Waals surface area (Å²) in [5, 5.41) is 21.6. The molecule has 0 aromatic heterocycles. The quantitative estimate of drug-likeness (QED) is 0.539. The summed E-state index contributed by atoms with van der Waals surface area (Å²) >= 11 is 0. The standard InChI is InChI=1S/C19H34N4O3/c24-13-4-1-3-12(11-13)17-21-15-14-5-2-6-20-19(14)26-16(15)18(22-17)23-7-9-25-10-8-23/h12-22,24H,1-11H2. The van der Waals surface area contributed by atoms with Crippen molar-refractivity contribution in [1.82, 2.24) is 20.9 Å². The molecule has 4 heterocycles. The summed E-state index contributed by atoms with van der Waals surface area (Å²) in [6, 6.07) is 0.394. The van der Waals surface area contributed by atoms with Gasteiger partial charge in [-0.25, -0.2) is 0 Å². The third-order valence-electron chi connectivity index (χ3n) is 7.20. The molecule has 4 N–H and O–H groups in total. The van der Waals surface area contributed by atoms with Crippen molar-refractivity contribution < 1.29 is 14.6 Å². The first-order valence-corrected chi connectivity index (χ1v) is 10.7. The van der Waals surface area contributed by atoms with Crippen LogP contribution in [0.2, 0.25) is 0 Å². The SMILES string of the molecule is OC1CCCC(C2NC3C4CCCNC4OC3C(N3CCOCC3)N2)C1. The second kappa shape index (κ2) is 7.62. The van der Waals surface area contributed by atoms with Crippen LogP contribution in [0.5, 0.6) is 0 Å². The van der Waals surface area contributed by atoms with Gasteiger partial charge in [-0.2, -0.15) is 0 Å². The molecule has 0 radical (unpaired) electrons. The van der Waals surface area contributed by atoms with Gasteiger partial charge in [0.2, 0.25) is 0 Å². The number of piperidine rings is 1. The average molecular weight is 367 g/mol. The van der Waals surface area contributed by atoms with Crippen LogP contribution in [0.25, 0.3) is 0 Å². The fourth-order valence-electron chi connectivity index (χ4n) is 5.87. The van der Waals surface area contributed by atoms with Crippen molar-refractivity contribution in [3.63, 3.8) is 0 Å². The number of fused-ring (bicyclic) bond motifs is 3. The van der Waals surface area contributed by atoms with E-state index in [0.717, 1.165) is 52.1 Å². The molecule has 4 aliphatic heterocycles. The molecular weight excluding hydrogens is 332 g/mol. The fraction of sp³-hybridized carbons (Fsp3) is 1.00. The summed E-state index contributed by atoms with van der Waals surface area (Å²) in [7, 11) is 0. The summed E-state index contributed by atoms with van der Waals surface area (Å²) in [4.78, 5) is 2.52. The van der Waals surface area contributed by atoms with E-state index in [-0.39, 0.29) is 30.8 Å².